The van der Waals surface area contributed by atoms with Crippen LogP contribution in [0.2, 0.25) is 0 Å². The molecule has 0 spiro atoms. The van der Waals surface area contributed by atoms with E-state index < -0.39 is 9.84 Å². The first-order valence-electron chi connectivity index (χ1n) is 11.1. The van der Waals surface area contributed by atoms with Gasteiger partial charge >= 0.3 is 0 Å². The second-order valence-electron chi connectivity index (χ2n) is 8.67. The molecule has 1 N–H and O–H groups in total. The van der Waals surface area contributed by atoms with Crippen molar-refractivity contribution in [3.8, 4) is 0 Å². The van der Waals surface area contributed by atoms with Crippen molar-refractivity contribution >= 4 is 33.0 Å². The van der Waals surface area contributed by atoms with Gasteiger partial charge in [0.1, 0.15) is 0 Å². The molecule has 1 aliphatic carbocycles. The molecule has 2 saturated heterocycles. The molecule has 0 radical (unpaired) electrons. The van der Waals surface area contributed by atoms with Crippen LogP contribution in [-0.2, 0) is 19.4 Å². The molecule has 7 nitrogen and oxygen atoms in total. The summed E-state index contributed by atoms with van der Waals surface area (Å²) < 4.78 is 24.1. The molecule has 2 heterocycles. The van der Waals surface area contributed by atoms with E-state index >= 15 is 0 Å². The summed E-state index contributed by atoms with van der Waals surface area (Å²) in [5.41, 5.74) is 1.57. The number of hydrogen-bond donors (Lipinski definition) is 1. The van der Waals surface area contributed by atoms with Gasteiger partial charge in [0.15, 0.2) is 9.84 Å². The monoisotopic (exact) mass is 433 g/mol. The maximum Gasteiger partial charge on any atom is 0.242 e. The van der Waals surface area contributed by atoms with Crippen LogP contribution in [0.4, 0.5) is 11.4 Å². The average Bonchev–Trinajstić information content (AvgIpc) is 3.32. The average molecular weight is 434 g/mol. The summed E-state index contributed by atoms with van der Waals surface area (Å²) in [7, 11) is -3.06. The first-order valence-corrected chi connectivity index (χ1v) is 12.9. The standard InChI is InChI=1S/C22H31N3O4S/c26-21-11-6-13-24(21)20-10-5-4-9-19(20)23-15-22(27)25(17-7-2-1-3-8-17)18-12-14-30(28,29)16-18/h4-5,9-10,17-18,23H,1-3,6-8,11-16H2. The number of hydrogen-bond acceptors (Lipinski definition) is 5. The minimum atomic E-state index is -3.06. The topological polar surface area (TPSA) is 86.8 Å². The Labute approximate surface area is 178 Å². The van der Waals surface area contributed by atoms with Crippen LogP contribution in [0.3, 0.4) is 0 Å². The zero-order valence-electron chi connectivity index (χ0n) is 17.4. The maximum absolute atomic E-state index is 13.3. The number of rotatable bonds is 6. The normalized spacial score (nSPS) is 24.2. The fraction of sp³-hybridized carbons (Fsp3) is 0.636. The minimum Gasteiger partial charge on any atom is -0.374 e. The summed E-state index contributed by atoms with van der Waals surface area (Å²) in [5, 5.41) is 3.24. The highest BCUT2D eigenvalue weighted by atomic mass is 32.2. The number of carbonyl (C=O) groups excluding carboxylic acids is 2. The molecular weight excluding hydrogens is 402 g/mol. The number of para-hydroxylation sites is 2. The maximum atomic E-state index is 13.3. The van der Waals surface area contributed by atoms with Crippen LogP contribution in [0.1, 0.15) is 51.4 Å². The van der Waals surface area contributed by atoms with Crippen molar-refractivity contribution < 1.29 is 18.0 Å². The fourth-order valence-electron chi connectivity index (χ4n) is 5.08. The highest BCUT2D eigenvalue weighted by Gasteiger charge is 2.38. The number of nitrogens with zero attached hydrogens (tertiary/aromatic N) is 2. The predicted octanol–water partition coefficient (Wildman–Crippen LogP) is 2.57. The van der Waals surface area contributed by atoms with Gasteiger partial charge in [-0.1, -0.05) is 31.4 Å². The zero-order valence-corrected chi connectivity index (χ0v) is 18.2. The Balaban J connectivity index is 1.49. The molecular formula is C22H31N3O4S. The molecule has 3 aliphatic rings. The summed E-state index contributed by atoms with van der Waals surface area (Å²) in [5.74, 6) is 0.303. The van der Waals surface area contributed by atoms with Gasteiger partial charge in [-0.05, 0) is 37.8 Å². The summed E-state index contributed by atoms with van der Waals surface area (Å²) in [6, 6.07) is 7.48. The van der Waals surface area contributed by atoms with E-state index in [0.717, 1.165) is 43.5 Å². The largest absolute Gasteiger partial charge is 0.374 e. The van der Waals surface area contributed by atoms with E-state index in [1.54, 1.807) is 4.90 Å². The van der Waals surface area contributed by atoms with Gasteiger partial charge in [0.25, 0.3) is 0 Å². The molecule has 1 atom stereocenters. The lowest BCUT2D eigenvalue weighted by atomic mass is 9.93. The lowest BCUT2D eigenvalue weighted by molar-refractivity contribution is -0.134. The third-order valence-corrected chi connectivity index (χ3v) is 8.31. The van der Waals surface area contributed by atoms with Crippen molar-refractivity contribution in [3.63, 3.8) is 0 Å². The van der Waals surface area contributed by atoms with Crippen LogP contribution in [0.15, 0.2) is 24.3 Å². The van der Waals surface area contributed by atoms with Crippen LogP contribution < -0.4 is 10.2 Å². The third-order valence-electron chi connectivity index (χ3n) is 6.56. The number of nitrogens with one attached hydrogen (secondary N) is 1. The quantitative estimate of drug-likeness (QED) is 0.745. The minimum absolute atomic E-state index is 0.0495. The number of sulfone groups is 1. The Hall–Kier alpha value is -2.09. The number of benzene rings is 1. The van der Waals surface area contributed by atoms with Gasteiger partial charge in [0.05, 0.1) is 29.4 Å². The lowest BCUT2D eigenvalue weighted by Gasteiger charge is -2.38. The molecule has 3 fully saturated rings. The van der Waals surface area contributed by atoms with Crippen LogP contribution in [-0.4, -0.2) is 61.8 Å². The van der Waals surface area contributed by atoms with Crippen molar-refractivity contribution in [1.82, 2.24) is 4.90 Å². The molecule has 1 saturated carbocycles. The van der Waals surface area contributed by atoms with Gasteiger partial charge in [-0.2, -0.15) is 0 Å². The first-order chi connectivity index (χ1) is 14.4. The number of anilines is 2. The van der Waals surface area contributed by atoms with Crippen molar-refractivity contribution in [2.24, 2.45) is 0 Å². The van der Waals surface area contributed by atoms with Crippen molar-refractivity contribution in [2.45, 2.75) is 63.5 Å². The molecule has 4 rings (SSSR count). The Bertz CT molecular complexity index is 895. The summed E-state index contributed by atoms with van der Waals surface area (Å²) in [6.07, 6.45) is 7.17. The van der Waals surface area contributed by atoms with E-state index in [1.165, 1.54) is 6.42 Å². The molecule has 0 bridgehead atoms. The van der Waals surface area contributed by atoms with E-state index in [-0.39, 0.29) is 41.9 Å². The van der Waals surface area contributed by atoms with Crippen LogP contribution >= 0.6 is 0 Å². The Morgan fingerprint density at radius 1 is 1.07 bits per heavy atom. The van der Waals surface area contributed by atoms with Crippen molar-refractivity contribution in [3.05, 3.63) is 24.3 Å². The third kappa shape index (κ3) is 4.63. The molecule has 1 aromatic carbocycles. The van der Waals surface area contributed by atoms with Crippen molar-refractivity contribution in [1.29, 1.82) is 0 Å². The van der Waals surface area contributed by atoms with E-state index in [0.29, 0.717) is 19.4 Å². The predicted molar refractivity (Wildman–Crippen MR) is 117 cm³/mol. The number of carbonyl (C=O) groups is 2. The molecule has 0 aromatic heterocycles. The summed E-state index contributed by atoms with van der Waals surface area (Å²) in [4.78, 5) is 29.1. The molecule has 30 heavy (non-hydrogen) atoms. The van der Waals surface area contributed by atoms with E-state index in [1.807, 2.05) is 29.2 Å². The van der Waals surface area contributed by atoms with Gasteiger partial charge in [0, 0.05) is 25.0 Å². The van der Waals surface area contributed by atoms with Gasteiger partial charge < -0.3 is 15.1 Å². The fourth-order valence-corrected chi connectivity index (χ4v) is 6.79. The first kappa shape index (κ1) is 21.2. The number of amides is 2. The molecule has 164 valence electrons. The lowest BCUT2D eigenvalue weighted by Crippen LogP contribution is -2.50. The second-order valence-corrected chi connectivity index (χ2v) is 10.9. The smallest absolute Gasteiger partial charge is 0.242 e. The second kappa shape index (κ2) is 8.96. The van der Waals surface area contributed by atoms with Crippen LogP contribution in [0.25, 0.3) is 0 Å². The van der Waals surface area contributed by atoms with E-state index in [2.05, 4.69) is 5.32 Å². The SMILES string of the molecule is O=C1CCCN1c1ccccc1NCC(=O)N(C1CCCCC1)C1CCS(=O)(=O)C1. The molecule has 1 aromatic rings. The Kier molecular flexibility index (Phi) is 6.32. The molecule has 2 aliphatic heterocycles. The van der Waals surface area contributed by atoms with Crippen LogP contribution in [0.5, 0.6) is 0 Å². The van der Waals surface area contributed by atoms with E-state index in [9.17, 15) is 18.0 Å². The highest BCUT2D eigenvalue weighted by molar-refractivity contribution is 7.91. The highest BCUT2D eigenvalue weighted by Crippen LogP contribution is 2.31. The van der Waals surface area contributed by atoms with Gasteiger partial charge in [-0.25, -0.2) is 8.42 Å². The van der Waals surface area contributed by atoms with Gasteiger partial charge in [-0.3, -0.25) is 9.59 Å². The zero-order chi connectivity index (χ0) is 21.1. The molecule has 1 unspecified atom stereocenters. The van der Waals surface area contributed by atoms with E-state index in [4.69, 9.17) is 0 Å². The van der Waals surface area contributed by atoms with Crippen molar-refractivity contribution in [2.75, 3.05) is 34.8 Å². The summed E-state index contributed by atoms with van der Waals surface area (Å²) >= 11 is 0. The van der Waals surface area contributed by atoms with Gasteiger partial charge in [-0.15, -0.1) is 0 Å². The van der Waals surface area contributed by atoms with Gasteiger partial charge in [0.2, 0.25) is 11.8 Å². The molecule has 2 amide bonds. The molecule has 8 heteroatoms. The van der Waals surface area contributed by atoms with Crippen LogP contribution in [0, 0.1) is 0 Å². The Morgan fingerprint density at radius 3 is 2.50 bits per heavy atom. The summed E-state index contributed by atoms with van der Waals surface area (Å²) in [6.45, 7) is 0.797. The Morgan fingerprint density at radius 2 is 1.83 bits per heavy atom.